The largest absolute Gasteiger partial charge is 0.394 e. The van der Waals surface area contributed by atoms with Crippen LogP contribution in [-0.4, -0.2) is 56.5 Å². The first kappa shape index (κ1) is 17.7. The summed E-state index contributed by atoms with van der Waals surface area (Å²) >= 11 is 6.41. The second-order valence-electron chi connectivity index (χ2n) is 7.99. The highest BCUT2D eigenvalue weighted by Gasteiger charge is 2.74. The molecule has 0 radical (unpaired) electrons. The normalized spacial score (nSPS) is 26.6. The quantitative estimate of drug-likeness (QED) is 0.567. The van der Waals surface area contributed by atoms with Crippen molar-refractivity contribution in [3.05, 3.63) is 23.6 Å². The van der Waals surface area contributed by atoms with Gasteiger partial charge in [0.2, 0.25) is 12.4 Å². The number of aromatic nitrogens is 4. The SMILES string of the molecule is O=CNC1([C@]23C[C@@H]2CN(c2nc(Nc4cnn(CCO)c4)ncc2Cl)C3)CC1. The predicted octanol–water partition coefficient (Wildman–Crippen LogP) is 1.17. The number of piperidine rings is 1. The second kappa shape index (κ2) is 6.31. The van der Waals surface area contributed by atoms with Crippen LogP contribution >= 0.6 is 11.6 Å². The molecule has 1 saturated heterocycles. The molecule has 3 aliphatic rings. The summed E-state index contributed by atoms with van der Waals surface area (Å²) in [7, 11) is 0. The number of amides is 1. The van der Waals surface area contributed by atoms with Crippen molar-refractivity contribution < 1.29 is 9.90 Å². The minimum atomic E-state index is -0.0317. The molecule has 2 aliphatic carbocycles. The molecule has 28 heavy (non-hydrogen) atoms. The average Bonchev–Trinajstić information content (AvgIpc) is 3.53. The highest BCUT2D eigenvalue weighted by molar-refractivity contribution is 6.32. The first-order valence-corrected chi connectivity index (χ1v) is 9.86. The first-order chi connectivity index (χ1) is 13.6. The Kier molecular flexibility index (Phi) is 3.99. The number of aliphatic hydroxyl groups excluding tert-OH is 1. The third-order valence-corrected chi connectivity index (χ3v) is 6.69. The number of fused-ring (bicyclic) bond motifs is 1. The number of hydrogen-bond acceptors (Lipinski definition) is 7. The van der Waals surface area contributed by atoms with Crippen LogP contribution in [-0.2, 0) is 11.3 Å². The maximum Gasteiger partial charge on any atom is 0.229 e. The fraction of sp³-hybridized carbons (Fsp3) is 0.556. The molecule has 10 heteroatoms. The summed E-state index contributed by atoms with van der Waals surface area (Å²) in [6, 6.07) is 0. The van der Waals surface area contributed by atoms with Gasteiger partial charge in [0.05, 0.1) is 31.2 Å². The van der Waals surface area contributed by atoms with E-state index in [0.717, 1.165) is 50.3 Å². The van der Waals surface area contributed by atoms with Gasteiger partial charge in [0, 0.05) is 30.2 Å². The lowest BCUT2D eigenvalue weighted by Gasteiger charge is -2.28. The molecule has 3 heterocycles. The summed E-state index contributed by atoms with van der Waals surface area (Å²) in [6.07, 6.45) is 9.16. The molecule has 3 fully saturated rings. The van der Waals surface area contributed by atoms with Crippen LogP contribution < -0.4 is 15.5 Å². The van der Waals surface area contributed by atoms with E-state index in [1.165, 1.54) is 0 Å². The maximum absolute atomic E-state index is 11.0. The van der Waals surface area contributed by atoms with Crippen molar-refractivity contribution in [2.24, 2.45) is 11.3 Å². The Morgan fingerprint density at radius 3 is 3.00 bits per heavy atom. The van der Waals surface area contributed by atoms with Gasteiger partial charge < -0.3 is 20.6 Å². The Bertz CT molecular complexity index is 915. The summed E-state index contributed by atoms with van der Waals surface area (Å²) in [6.45, 7) is 2.21. The Labute approximate surface area is 167 Å². The average molecular weight is 404 g/mol. The molecule has 3 N–H and O–H groups in total. The number of nitrogens with one attached hydrogen (secondary N) is 2. The van der Waals surface area contributed by atoms with Gasteiger partial charge in [-0.3, -0.25) is 9.48 Å². The fourth-order valence-electron chi connectivity index (χ4n) is 4.83. The zero-order valence-electron chi connectivity index (χ0n) is 15.3. The number of aliphatic hydroxyl groups is 1. The summed E-state index contributed by atoms with van der Waals surface area (Å²) in [5, 5.41) is 19.9. The first-order valence-electron chi connectivity index (χ1n) is 9.48. The van der Waals surface area contributed by atoms with Crippen LogP contribution in [0.2, 0.25) is 5.02 Å². The van der Waals surface area contributed by atoms with E-state index in [-0.39, 0.29) is 17.6 Å². The third-order valence-electron chi connectivity index (χ3n) is 6.43. The van der Waals surface area contributed by atoms with E-state index in [0.29, 0.717) is 23.4 Å². The van der Waals surface area contributed by atoms with E-state index in [2.05, 4.69) is 30.6 Å². The summed E-state index contributed by atoms with van der Waals surface area (Å²) in [4.78, 5) is 22.2. The summed E-state index contributed by atoms with van der Waals surface area (Å²) in [5.41, 5.74) is 0.867. The minimum Gasteiger partial charge on any atom is -0.394 e. The zero-order chi connectivity index (χ0) is 19.4. The van der Waals surface area contributed by atoms with Crippen molar-refractivity contribution in [1.82, 2.24) is 25.1 Å². The number of hydrogen-bond donors (Lipinski definition) is 3. The Hall–Kier alpha value is -2.39. The lowest BCUT2D eigenvalue weighted by Crippen LogP contribution is -2.43. The molecule has 2 atom stereocenters. The van der Waals surface area contributed by atoms with Crippen LogP contribution in [0.15, 0.2) is 18.6 Å². The van der Waals surface area contributed by atoms with Gasteiger partial charge in [-0.25, -0.2) is 4.98 Å². The van der Waals surface area contributed by atoms with Crippen LogP contribution in [0.5, 0.6) is 0 Å². The van der Waals surface area contributed by atoms with Gasteiger partial charge in [-0.05, 0) is 25.2 Å². The molecule has 1 amide bonds. The number of anilines is 3. The van der Waals surface area contributed by atoms with E-state index in [9.17, 15) is 4.79 Å². The minimum absolute atomic E-state index is 0.0288. The zero-order valence-corrected chi connectivity index (χ0v) is 16.1. The van der Waals surface area contributed by atoms with Gasteiger partial charge in [-0.1, -0.05) is 11.6 Å². The van der Waals surface area contributed by atoms with E-state index in [4.69, 9.17) is 16.7 Å². The maximum atomic E-state index is 11.0. The molecule has 1 aliphatic heterocycles. The number of halogens is 1. The van der Waals surface area contributed by atoms with Crippen LogP contribution in [0.25, 0.3) is 0 Å². The molecule has 148 valence electrons. The van der Waals surface area contributed by atoms with Gasteiger partial charge in [-0.15, -0.1) is 0 Å². The van der Waals surface area contributed by atoms with Gasteiger partial charge >= 0.3 is 0 Å². The van der Waals surface area contributed by atoms with Gasteiger partial charge in [0.1, 0.15) is 5.02 Å². The number of rotatable bonds is 8. The topological polar surface area (TPSA) is 108 Å². The lowest BCUT2D eigenvalue weighted by molar-refractivity contribution is -0.110. The molecular formula is C18H22ClN7O2. The fourth-order valence-corrected chi connectivity index (χ4v) is 5.04. The molecule has 5 rings (SSSR count). The monoisotopic (exact) mass is 403 g/mol. The Morgan fingerprint density at radius 2 is 2.25 bits per heavy atom. The predicted molar refractivity (Wildman–Crippen MR) is 104 cm³/mol. The van der Waals surface area contributed by atoms with Crippen molar-refractivity contribution in [3.8, 4) is 0 Å². The van der Waals surface area contributed by atoms with Crippen molar-refractivity contribution in [2.75, 3.05) is 29.9 Å². The van der Waals surface area contributed by atoms with Gasteiger partial charge in [0.15, 0.2) is 5.82 Å². The number of carbonyl (C=O) groups excluding carboxylic acids is 1. The van der Waals surface area contributed by atoms with Crippen LogP contribution in [0.1, 0.15) is 19.3 Å². The van der Waals surface area contributed by atoms with Crippen LogP contribution in [0.3, 0.4) is 0 Å². The van der Waals surface area contributed by atoms with Crippen molar-refractivity contribution >= 4 is 35.5 Å². The summed E-state index contributed by atoms with van der Waals surface area (Å²) < 4.78 is 1.64. The van der Waals surface area contributed by atoms with Crippen LogP contribution in [0.4, 0.5) is 17.5 Å². The van der Waals surface area contributed by atoms with Crippen molar-refractivity contribution in [1.29, 1.82) is 0 Å². The van der Waals surface area contributed by atoms with E-state index >= 15 is 0 Å². The lowest BCUT2D eigenvalue weighted by atomic mass is 9.92. The highest BCUT2D eigenvalue weighted by Crippen LogP contribution is 2.71. The van der Waals surface area contributed by atoms with Crippen LogP contribution in [0, 0.1) is 11.3 Å². The number of nitrogens with zero attached hydrogens (tertiary/aromatic N) is 5. The second-order valence-corrected chi connectivity index (χ2v) is 8.40. The number of carbonyl (C=O) groups is 1. The van der Waals surface area contributed by atoms with Gasteiger partial charge in [0.25, 0.3) is 0 Å². The highest BCUT2D eigenvalue weighted by atomic mass is 35.5. The molecule has 0 aromatic carbocycles. The molecule has 2 saturated carbocycles. The molecule has 0 spiro atoms. The van der Waals surface area contributed by atoms with E-state index in [1.807, 2.05) is 0 Å². The molecular weight excluding hydrogens is 382 g/mol. The van der Waals surface area contributed by atoms with Gasteiger partial charge in [-0.2, -0.15) is 10.1 Å². The Morgan fingerprint density at radius 1 is 1.39 bits per heavy atom. The molecule has 2 aromatic heterocycles. The molecule has 0 unspecified atom stereocenters. The van der Waals surface area contributed by atoms with Crippen molar-refractivity contribution in [2.45, 2.75) is 31.3 Å². The molecule has 0 bridgehead atoms. The molecule has 9 nitrogen and oxygen atoms in total. The van der Waals surface area contributed by atoms with E-state index in [1.54, 1.807) is 23.3 Å². The molecule has 2 aromatic rings. The smallest absolute Gasteiger partial charge is 0.229 e. The Balaban J connectivity index is 1.33. The third kappa shape index (κ3) is 2.72. The van der Waals surface area contributed by atoms with E-state index < -0.39 is 0 Å². The van der Waals surface area contributed by atoms with Crippen molar-refractivity contribution in [3.63, 3.8) is 0 Å². The summed E-state index contributed by atoms with van der Waals surface area (Å²) in [5.74, 6) is 1.74. The standard InChI is InChI=1S/C18H22ClN7O2/c19-14-7-20-16(23-13-6-22-26(9-13)3-4-27)24-15(14)25-8-12-5-17(12,10-25)18(1-2-18)21-11-28/h6-7,9,11-12,27H,1-5,8,10H2,(H,21,28)(H,20,23,24)/t12-,17+/m1/s1.